The number of nitrogens with one attached hydrogen (secondary N) is 1. The van der Waals surface area contributed by atoms with E-state index >= 15 is 0 Å². The average molecular weight is 310 g/mol. The summed E-state index contributed by atoms with van der Waals surface area (Å²) in [4.78, 5) is 18.4. The molecule has 3 heterocycles. The Morgan fingerprint density at radius 3 is 2.83 bits per heavy atom. The van der Waals surface area contributed by atoms with Gasteiger partial charge in [-0.2, -0.15) is 0 Å². The number of aromatic amines is 1. The van der Waals surface area contributed by atoms with E-state index in [1.165, 1.54) is 11.6 Å². The van der Waals surface area contributed by atoms with Gasteiger partial charge in [-0.05, 0) is 11.6 Å². The van der Waals surface area contributed by atoms with Gasteiger partial charge in [0.15, 0.2) is 5.65 Å². The minimum absolute atomic E-state index is 0.137. The molecule has 0 unspecified atom stereocenters. The molecule has 0 radical (unpaired) electrons. The number of rotatable bonds is 3. The van der Waals surface area contributed by atoms with Crippen LogP contribution in [0.25, 0.3) is 16.9 Å². The van der Waals surface area contributed by atoms with Crippen LogP contribution in [-0.4, -0.2) is 45.8 Å². The molecule has 2 aromatic heterocycles. The van der Waals surface area contributed by atoms with E-state index in [-0.39, 0.29) is 5.56 Å². The van der Waals surface area contributed by atoms with Crippen molar-refractivity contribution >= 4 is 5.65 Å². The Hall–Kier alpha value is -2.44. The number of fused-ring (bicyclic) bond motifs is 1. The van der Waals surface area contributed by atoms with Gasteiger partial charge in [-0.25, -0.2) is 9.50 Å². The molecule has 1 aliphatic rings. The number of benzene rings is 1. The highest BCUT2D eigenvalue weighted by Gasteiger charge is 2.15. The minimum atomic E-state index is -0.137. The lowest BCUT2D eigenvalue weighted by atomic mass is 10.0. The Labute approximate surface area is 133 Å². The smallest absolute Gasteiger partial charge is 0.263 e. The Kier molecular flexibility index (Phi) is 3.69. The molecule has 0 bridgehead atoms. The zero-order valence-electron chi connectivity index (χ0n) is 12.7. The van der Waals surface area contributed by atoms with Crippen LogP contribution in [0.3, 0.4) is 0 Å². The summed E-state index contributed by atoms with van der Waals surface area (Å²) < 4.78 is 7.17. The van der Waals surface area contributed by atoms with E-state index in [1.54, 1.807) is 10.6 Å². The van der Waals surface area contributed by atoms with E-state index in [0.29, 0.717) is 0 Å². The van der Waals surface area contributed by atoms with Gasteiger partial charge >= 0.3 is 0 Å². The van der Waals surface area contributed by atoms with Crippen LogP contribution in [0.15, 0.2) is 47.4 Å². The van der Waals surface area contributed by atoms with Crippen molar-refractivity contribution in [1.82, 2.24) is 19.5 Å². The molecule has 1 aliphatic heterocycles. The summed E-state index contributed by atoms with van der Waals surface area (Å²) in [6, 6.07) is 11.5. The number of imidazole rings is 1. The average Bonchev–Trinajstić information content (AvgIpc) is 2.99. The van der Waals surface area contributed by atoms with E-state index in [2.05, 4.69) is 27.1 Å². The van der Waals surface area contributed by atoms with Crippen molar-refractivity contribution in [3.8, 4) is 11.3 Å². The summed E-state index contributed by atoms with van der Waals surface area (Å²) in [5.41, 5.74) is 3.82. The minimum Gasteiger partial charge on any atom is -0.379 e. The predicted molar refractivity (Wildman–Crippen MR) is 87.3 cm³/mol. The Morgan fingerprint density at radius 2 is 1.96 bits per heavy atom. The van der Waals surface area contributed by atoms with Crippen LogP contribution in [-0.2, 0) is 11.3 Å². The molecular weight excluding hydrogens is 292 g/mol. The van der Waals surface area contributed by atoms with Gasteiger partial charge in [0.1, 0.15) is 0 Å². The molecule has 6 nitrogen and oxygen atoms in total. The predicted octanol–water partition coefficient (Wildman–Crippen LogP) is 1.52. The number of aromatic nitrogens is 3. The van der Waals surface area contributed by atoms with Crippen molar-refractivity contribution in [3.63, 3.8) is 0 Å². The first-order valence-corrected chi connectivity index (χ1v) is 7.76. The maximum absolute atomic E-state index is 11.6. The molecule has 23 heavy (non-hydrogen) atoms. The van der Waals surface area contributed by atoms with Crippen molar-refractivity contribution in [2.75, 3.05) is 26.3 Å². The van der Waals surface area contributed by atoms with Crippen LogP contribution < -0.4 is 5.56 Å². The first-order valence-electron chi connectivity index (χ1n) is 7.76. The third-order valence-electron chi connectivity index (χ3n) is 4.19. The maximum Gasteiger partial charge on any atom is 0.263 e. The van der Waals surface area contributed by atoms with Crippen molar-refractivity contribution in [2.45, 2.75) is 6.54 Å². The molecule has 6 heteroatoms. The van der Waals surface area contributed by atoms with Gasteiger partial charge in [0.05, 0.1) is 25.1 Å². The molecule has 0 aliphatic carbocycles. The number of ether oxygens (including phenoxy) is 1. The van der Waals surface area contributed by atoms with Crippen molar-refractivity contribution in [2.24, 2.45) is 0 Å². The molecule has 4 rings (SSSR count). The summed E-state index contributed by atoms with van der Waals surface area (Å²) in [6.45, 7) is 4.32. The molecule has 1 saturated heterocycles. The van der Waals surface area contributed by atoms with Crippen LogP contribution in [0.5, 0.6) is 0 Å². The summed E-state index contributed by atoms with van der Waals surface area (Å²) in [5, 5.41) is 2.83. The van der Waals surface area contributed by atoms with Crippen LogP contribution >= 0.6 is 0 Å². The fourth-order valence-electron chi connectivity index (χ4n) is 3.00. The normalized spacial score (nSPS) is 16.0. The number of nitrogens with zero attached hydrogens (tertiary/aromatic N) is 3. The summed E-state index contributed by atoms with van der Waals surface area (Å²) >= 11 is 0. The highest BCUT2D eigenvalue weighted by molar-refractivity contribution is 5.66. The summed E-state index contributed by atoms with van der Waals surface area (Å²) in [5.74, 6) is 0. The lowest BCUT2D eigenvalue weighted by Gasteiger charge is -2.27. The third kappa shape index (κ3) is 2.78. The van der Waals surface area contributed by atoms with E-state index in [4.69, 9.17) is 4.74 Å². The molecule has 0 amide bonds. The third-order valence-corrected chi connectivity index (χ3v) is 4.19. The van der Waals surface area contributed by atoms with Crippen molar-refractivity contribution < 1.29 is 4.74 Å². The molecule has 1 aromatic carbocycles. The summed E-state index contributed by atoms with van der Waals surface area (Å²) in [6.07, 6.45) is 1.81. The fraction of sp³-hybridized carbons (Fsp3) is 0.294. The monoisotopic (exact) mass is 310 g/mol. The second kappa shape index (κ2) is 5.98. The molecule has 0 atom stereocenters. The molecule has 1 fully saturated rings. The first kappa shape index (κ1) is 14.2. The van der Waals surface area contributed by atoms with Gasteiger partial charge in [0.25, 0.3) is 5.56 Å². The molecule has 0 saturated carbocycles. The van der Waals surface area contributed by atoms with Crippen LogP contribution in [0, 0.1) is 0 Å². The van der Waals surface area contributed by atoms with Crippen LogP contribution in [0.1, 0.15) is 5.56 Å². The van der Waals surface area contributed by atoms with Gasteiger partial charge in [-0.3, -0.25) is 14.8 Å². The molecular formula is C17H18N4O2. The lowest BCUT2D eigenvalue weighted by molar-refractivity contribution is 0.0342. The summed E-state index contributed by atoms with van der Waals surface area (Å²) in [7, 11) is 0. The second-order valence-corrected chi connectivity index (χ2v) is 5.69. The van der Waals surface area contributed by atoms with Gasteiger partial charge in [-0.1, -0.05) is 24.3 Å². The highest BCUT2D eigenvalue weighted by Crippen LogP contribution is 2.25. The molecule has 0 spiro atoms. The standard InChI is InChI=1S/C17H18N4O2/c22-17-6-5-16-18-11-15(21(16)19-17)14-4-2-1-3-13(14)12-20-7-9-23-10-8-20/h1-6,11H,7-10,12H2,(H,19,22). The zero-order valence-corrected chi connectivity index (χ0v) is 12.7. The first-order chi connectivity index (χ1) is 11.3. The van der Waals surface area contributed by atoms with E-state index in [0.717, 1.165) is 49.8 Å². The number of hydrogen-bond donors (Lipinski definition) is 1. The molecule has 118 valence electrons. The van der Waals surface area contributed by atoms with Gasteiger partial charge < -0.3 is 4.74 Å². The molecule has 1 N–H and O–H groups in total. The lowest BCUT2D eigenvalue weighted by Crippen LogP contribution is -2.35. The highest BCUT2D eigenvalue weighted by atomic mass is 16.5. The molecule has 3 aromatic rings. The van der Waals surface area contributed by atoms with Gasteiger partial charge in [-0.15, -0.1) is 0 Å². The maximum atomic E-state index is 11.6. The van der Waals surface area contributed by atoms with Gasteiger partial charge in [0.2, 0.25) is 0 Å². The largest absolute Gasteiger partial charge is 0.379 e. The SMILES string of the molecule is O=c1ccc2ncc(-c3ccccc3CN3CCOCC3)n2[nH]1. The Bertz CT molecular complexity index is 877. The zero-order chi connectivity index (χ0) is 15.6. The van der Waals surface area contributed by atoms with Crippen LogP contribution in [0.2, 0.25) is 0 Å². The number of morpholine rings is 1. The topological polar surface area (TPSA) is 62.6 Å². The van der Waals surface area contributed by atoms with Gasteiger partial charge in [0, 0.05) is 31.3 Å². The number of hydrogen-bond acceptors (Lipinski definition) is 4. The Balaban J connectivity index is 1.75. The van der Waals surface area contributed by atoms with E-state index in [1.807, 2.05) is 18.3 Å². The van der Waals surface area contributed by atoms with E-state index < -0.39 is 0 Å². The quantitative estimate of drug-likeness (QED) is 0.797. The second-order valence-electron chi connectivity index (χ2n) is 5.69. The van der Waals surface area contributed by atoms with Crippen molar-refractivity contribution in [1.29, 1.82) is 0 Å². The fourth-order valence-corrected chi connectivity index (χ4v) is 3.00. The van der Waals surface area contributed by atoms with E-state index in [9.17, 15) is 4.79 Å². The van der Waals surface area contributed by atoms with Crippen molar-refractivity contribution in [3.05, 3.63) is 58.5 Å². The Morgan fingerprint density at radius 1 is 1.13 bits per heavy atom. The number of H-pyrrole nitrogens is 1. The van der Waals surface area contributed by atoms with Crippen LogP contribution in [0.4, 0.5) is 0 Å².